The van der Waals surface area contributed by atoms with Gasteiger partial charge >= 0.3 is 0 Å². The minimum Gasteiger partial charge on any atom is -0.505 e. The van der Waals surface area contributed by atoms with E-state index in [4.69, 9.17) is 0 Å². The fourth-order valence-corrected chi connectivity index (χ4v) is 1.21. The van der Waals surface area contributed by atoms with Gasteiger partial charge in [-0.2, -0.15) is 0 Å². The molecule has 0 fully saturated rings. The van der Waals surface area contributed by atoms with Crippen LogP contribution in [0.3, 0.4) is 0 Å². The molecule has 0 aliphatic heterocycles. The van der Waals surface area contributed by atoms with Crippen molar-refractivity contribution in [3.05, 3.63) is 54.6 Å². The monoisotopic (exact) mass is 184 g/mol. The zero-order valence-electron chi connectivity index (χ0n) is 7.57. The SMILES string of the molecule is Oc1[c]cccc1Nc1ccccc1. The minimum atomic E-state index is 0.136. The second kappa shape index (κ2) is 3.83. The molecule has 0 atom stereocenters. The number of phenols is 1. The van der Waals surface area contributed by atoms with E-state index >= 15 is 0 Å². The lowest BCUT2D eigenvalue weighted by atomic mass is 10.2. The fourth-order valence-electron chi connectivity index (χ4n) is 1.21. The van der Waals surface area contributed by atoms with Crippen LogP contribution in [0.4, 0.5) is 11.4 Å². The summed E-state index contributed by atoms with van der Waals surface area (Å²) in [6.07, 6.45) is 0. The van der Waals surface area contributed by atoms with E-state index in [1.807, 2.05) is 36.4 Å². The summed E-state index contributed by atoms with van der Waals surface area (Å²) < 4.78 is 0. The summed E-state index contributed by atoms with van der Waals surface area (Å²) >= 11 is 0. The van der Waals surface area contributed by atoms with Crippen molar-refractivity contribution in [2.24, 2.45) is 0 Å². The first-order valence-corrected chi connectivity index (χ1v) is 4.38. The average molecular weight is 184 g/mol. The van der Waals surface area contributed by atoms with Gasteiger partial charge in [0.25, 0.3) is 0 Å². The lowest BCUT2D eigenvalue weighted by molar-refractivity contribution is 0.476. The first kappa shape index (κ1) is 8.63. The third-order valence-electron chi connectivity index (χ3n) is 1.89. The molecule has 14 heavy (non-hydrogen) atoms. The van der Waals surface area contributed by atoms with Crippen molar-refractivity contribution in [3.8, 4) is 5.75 Å². The molecule has 2 N–H and O–H groups in total. The van der Waals surface area contributed by atoms with Crippen molar-refractivity contribution in [1.82, 2.24) is 0 Å². The Kier molecular flexibility index (Phi) is 2.36. The second-order valence-corrected chi connectivity index (χ2v) is 2.92. The van der Waals surface area contributed by atoms with E-state index < -0.39 is 0 Å². The molecule has 2 nitrogen and oxygen atoms in total. The molecule has 1 radical (unpaired) electrons. The molecule has 0 unspecified atom stereocenters. The molecule has 2 aromatic carbocycles. The van der Waals surface area contributed by atoms with Crippen LogP contribution in [0.2, 0.25) is 0 Å². The zero-order valence-corrected chi connectivity index (χ0v) is 7.57. The smallest absolute Gasteiger partial charge is 0.146 e. The Morgan fingerprint density at radius 2 is 1.79 bits per heavy atom. The Morgan fingerprint density at radius 1 is 1.00 bits per heavy atom. The van der Waals surface area contributed by atoms with Gasteiger partial charge in [0, 0.05) is 11.8 Å². The first-order valence-electron chi connectivity index (χ1n) is 4.38. The summed E-state index contributed by atoms with van der Waals surface area (Å²) in [4.78, 5) is 0. The molecular weight excluding hydrogens is 174 g/mol. The van der Waals surface area contributed by atoms with Gasteiger partial charge in [0.2, 0.25) is 0 Å². The van der Waals surface area contributed by atoms with E-state index in [9.17, 15) is 5.11 Å². The third-order valence-corrected chi connectivity index (χ3v) is 1.89. The van der Waals surface area contributed by atoms with Crippen LogP contribution < -0.4 is 5.32 Å². The van der Waals surface area contributed by atoms with Crippen molar-refractivity contribution in [2.75, 3.05) is 5.32 Å². The first-order chi connectivity index (χ1) is 6.86. The molecule has 0 spiro atoms. The van der Waals surface area contributed by atoms with Crippen molar-refractivity contribution < 1.29 is 5.11 Å². The predicted molar refractivity (Wildman–Crippen MR) is 56.7 cm³/mol. The van der Waals surface area contributed by atoms with Crippen LogP contribution in [-0.4, -0.2) is 5.11 Å². The maximum atomic E-state index is 9.45. The summed E-state index contributed by atoms with van der Waals surface area (Å²) in [5, 5.41) is 12.5. The Balaban J connectivity index is 2.24. The molecule has 0 amide bonds. The van der Waals surface area contributed by atoms with Crippen LogP contribution >= 0.6 is 0 Å². The Labute approximate surface area is 82.8 Å². The average Bonchev–Trinajstić information content (AvgIpc) is 2.23. The molecule has 0 heterocycles. The van der Waals surface area contributed by atoms with Crippen molar-refractivity contribution in [1.29, 1.82) is 0 Å². The van der Waals surface area contributed by atoms with E-state index in [-0.39, 0.29) is 5.75 Å². The van der Waals surface area contributed by atoms with Crippen LogP contribution in [0.15, 0.2) is 48.5 Å². The maximum Gasteiger partial charge on any atom is 0.146 e. The Hall–Kier alpha value is -1.96. The molecule has 2 aromatic rings. The molecule has 0 bridgehead atoms. The van der Waals surface area contributed by atoms with E-state index in [0.29, 0.717) is 5.69 Å². The number of hydrogen-bond donors (Lipinski definition) is 2. The summed E-state index contributed by atoms with van der Waals surface area (Å²) in [6.45, 7) is 0. The van der Waals surface area contributed by atoms with Gasteiger partial charge in [0.05, 0.1) is 5.69 Å². The number of anilines is 2. The molecule has 0 aliphatic carbocycles. The lowest BCUT2D eigenvalue weighted by Gasteiger charge is -2.06. The van der Waals surface area contributed by atoms with E-state index in [1.165, 1.54) is 0 Å². The largest absolute Gasteiger partial charge is 0.505 e. The van der Waals surface area contributed by atoms with E-state index in [0.717, 1.165) is 5.69 Å². The highest BCUT2D eigenvalue weighted by atomic mass is 16.3. The van der Waals surface area contributed by atoms with Crippen LogP contribution in [-0.2, 0) is 0 Å². The van der Waals surface area contributed by atoms with Crippen LogP contribution in [0, 0.1) is 6.07 Å². The summed E-state index contributed by atoms with van der Waals surface area (Å²) in [5.41, 5.74) is 1.61. The number of nitrogens with one attached hydrogen (secondary N) is 1. The van der Waals surface area contributed by atoms with E-state index in [2.05, 4.69) is 11.4 Å². The van der Waals surface area contributed by atoms with E-state index in [1.54, 1.807) is 12.1 Å². The van der Waals surface area contributed by atoms with Gasteiger partial charge in [-0.05, 0) is 18.2 Å². The van der Waals surface area contributed by atoms with Crippen LogP contribution in [0.5, 0.6) is 5.75 Å². The van der Waals surface area contributed by atoms with Gasteiger partial charge in [-0.3, -0.25) is 0 Å². The van der Waals surface area contributed by atoms with Gasteiger partial charge in [0.15, 0.2) is 0 Å². The predicted octanol–water partition coefficient (Wildman–Crippen LogP) is 2.94. The van der Waals surface area contributed by atoms with Crippen molar-refractivity contribution in [2.45, 2.75) is 0 Å². The highest BCUT2D eigenvalue weighted by molar-refractivity contribution is 5.65. The number of hydrogen-bond acceptors (Lipinski definition) is 2. The number of aromatic hydroxyl groups is 1. The molecule has 0 saturated heterocycles. The molecule has 0 aliphatic rings. The summed E-state index contributed by atoms with van der Waals surface area (Å²) in [5.74, 6) is 0.136. The topological polar surface area (TPSA) is 32.3 Å². The number of rotatable bonds is 2. The maximum absolute atomic E-state index is 9.45. The third kappa shape index (κ3) is 1.85. The normalized spacial score (nSPS) is 9.71. The quantitative estimate of drug-likeness (QED) is 0.703. The van der Waals surface area contributed by atoms with Gasteiger partial charge < -0.3 is 10.4 Å². The molecule has 0 aromatic heterocycles. The molecular formula is C12H10NO. The van der Waals surface area contributed by atoms with Gasteiger partial charge in [-0.15, -0.1) is 0 Å². The zero-order chi connectivity index (χ0) is 9.80. The summed E-state index contributed by atoms with van der Waals surface area (Å²) in [7, 11) is 0. The van der Waals surface area contributed by atoms with Gasteiger partial charge in [0.1, 0.15) is 5.75 Å². The molecule has 2 heteroatoms. The number of benzene rings is 2. The Morgan fingerprint density at radius 3 is 2.50 bits per heavy atom. The fraction of sp³-hybridized carbons (Fsp3) is 0. The molecule has 2 rings (SSSR count). The number of phenolic OH excluding ortho intramolecular Hbond substituents is 1. The molecule has 69 valence electrons. The van der Waals surface area contributed by atoms with Gasteiger partial charge in [-0.25, -0.2) is 0 Å². The minimum absolute atomic E-state index is 0.136. The van der Waals surface area contributed by atoms with Crippen LogP contribution in [0.25, 0.3) is 0 Å². The van der Waals surface area contributed by atoms with Gasteiger partial charge in [-0.1, -0.05) is 30.3 Å². The van der Waals surface area contributed by atoms with Crippen LogP contribution in [0.1, 0.15) is 0 Å². The van der Waals surface area contributed by atoms with Crippen molar-refractivity contribution in [3.63, 3.8) is 0 Å². The lowest BCUT2D eigenvalue weighted by Crippen LogP contribution is -1.89. The highest BCUT2D eigenvalue weighted by Gasteiger charge is 1.98. The second-order valence-electron chi connectivity index (χ2n) is 2.92. The van der Waals surface area contributed by atoms with Crippen molar-refractivity contribution >= 4 is 11.4 Å². The summed E-state index contributed by atoms with van der Waals surface area (Å²) in [6, 6.07) is 17.7. The Bertz CT molecular complexity index is 412. The molecule has 0 saturated carbocycles. The standard InChI is InChI=1S/C12H10NO/c14-12-9-5-4-8-11(12)13-10-6-2-1-3-7-10/h1-8,13-14H. The highest BCUT2D eigenvalue weighted by Crippen LogP contribution is 2.24. The number of para-hydroxylation sites is 2.